The second-order valence-electron chi connectivity index (χ2n) is 10.6. The summed E-state index contributed by atoms with van der Waals surface area (Å²) in [7, 11) is 1.25. The van der Waals surface area contributed by atoms with E-state index in [9.17, 15) is 19.2 Å². The van der Waals surface area contributed by atoms with Crippen LogP contribution < -0.4 is 15.5 Å². The summed E-state index contributed by atoms with van der Waals surface area (Å²) < 4.78 is 4.93. The number of esters is 1. The van der Waals surface area contributed by atoms with Crippen molar-refractivity contribution in [1.82, 2.24) is 10.3 Å². The molecule has 200 valence electrons. The van der Waals surface area contributed by atoms with Gasteiger partial charge in [-0.25, -0.2) is 9.69 Å². The summed E-state index contributed by atoms with van der Waals surface area (Å²) >= 11 is 0. The number of anilines is 2. The zero-order valence-corrected chi connectivity index (χ0v) is 21.9. The smallest absolute Gasteiger partial charge is 0.339 e. The molecule has 0 aliphatic carbocycles. The van der Waals surface area contributed by atoms with E-state index in [4.69, 9.17) is 4.74 Å². The fraction of sp³-hybridized carbons (Fsp3) is 0.226. The molecule has 9 nitrogen and oxygen atoms in total. The molecule has 3 amide bonds. The van der Waals surface area contributed by atoms with Gasteiger partial charge in [0.15, 0.2) is 0 Å². The molecule has 3 aliphatic heterocycles. The summed E-state index contributed by atoms with van der Waals surface area (Å²) in [6.45, 7) is 1.92. The van der Waals surface area contributed by atoms with E-state index in [0.29, 0.717) is 17.7 Å². The van der Waals surface area contributed by atoms with Crippen molar-refractivity contribution in [3.8, 4) is 0 Å². The second kappa shape index (κ2) is 8.62. The number of methoxy groups -OCH3 is 1. The van der Waals surface area contributed by atoms with Crippen molar-refractivity contribution in [2.75, 3.05) is 17.3 Å². The van der Waals surface area contributed by atoms with E-state index < -0.39 is 41.2 Å². The van der Waals surface area contributed by atoms with Gasteiger partial charge in [0.1, 0.15) is 5.54 Å². The highest BCUT2D eigenvalue weighted by atomic mass is 16.5. The van der Waals surface area contributed by atoms with Crippen LogP contribution in [-0.4, -0.2) is 41.8 Å². The van der Waals surface area contributed by atoms with Crippen LogP contribution in [0.1, 0.15) is 27.0 Å². The molecule has 2 saturated heterocycles. The number of nitrogens with one attached hydrogen (secondary N) is 3. The number of hydrogen-bond acceptors (Lipinski definition) is 6. The third kappa shape index (κ3) is 3.18. The molecule has 1 aromatic heterocycles. The average Bonchev–Trinajstić information content (AvgIpc) is 3.67. The maximum absolute atomic E-state index is 14.3. The summed E-state index contributed by atoms with van der Waals surface area (Å²) in [5.74, 6) is -3.85. The summed E-state index contributed by atoms with van der Waals surface area (Å²) in [6.07, 6.45) is 2.32. The van der Waals surface area contributed by atoms with Gasteiger partial charge in [0.25, 0.3) is 0 Å². The third-order valence-electron chi connectivity index (χ3n) is 8.54. The minimum absolute atomic E-state index is 0.106. The number of hydrogen-bond donors (Lipinski definition) is 3. The monoisotopic (exact) mass is 534 g/mol. The van der Waals surface area contributed by atoms with E-state index >= 15 is 0 Å². The van der Waals surface area contributed by atoms with Gasteiger partial charge in [-0.05, 0) is 43.2 Å². The van der Waals surface area contributed by atoms with Crippen LogP contribution in [0.15, 0.2) is 72.9 Å². The van der Waals surface area contributed by atoms with Crippen molar-refractivity contribution < 1.29 is 23.9 Å². The van der Waals surface area contributed by atoms with Crippen LogP contribution in [0.3, 0.4) is 0 Å². The summed E-state index contributed by atoms with van der Waals surface area (Å²) in [6, 6.07) is 19.4. The lowest BCUT2D eigenvalue weighted by Gasteiger charge is -2.30. The molecule has 2 fully saturated rings. The van der Waals surface area contributed by atoms with E-state index in [1.807, 2.05) is 55.6 Å². The molecule has 3 N–H and O–H groups in total. The van der Waals surface area contributed by atoms with Gasteiger partial charge in [0, 0.05) is 34.4 Å². The van der Waals surface area contributed by atoms with Gasteiger partial charge >= 0.3 is 5.97 Å². The summed E-state index contributed by atoms with van der Waals surface area (Å²) in [5.41, 5.74) is 2.95. The minimum Gasteiger partial charge on any atom is -0.465 e. The number of rotatable bonds is 4. The van der Waals surface area contributed by atoms with E-state index in [1.54, 1.807) is 18.2 Å². The quantitative estimate of drug-likeness (QED) is 0.273. The molecule has 7 rings (SSSR count). The Morgan fingerprint density at radius 2 is 1.77 bits per heavy atom. The largest absolute Gasteiger partial charge is 0.465 e. The van der Waals surface area contributed by atoms with Crippen LogP contribution in [0, 0.1) is 18.8 Å². The predicted molar refractivity (Wildman–Crippen MR) is 148 cm³/mol. The topological polar surface area (TPSA) is 121 Å². The standard InChI is InChI=1S/C31H26N4O5/c1-16-11-12-22-20(13-16)31(30(39)33-22)26-25(23(34-31)14-17-15-32-21-9-5-3-7-18(17)21)27(36)35(28(26)37)24-10-6-4-8-19(24)29(38)40-2/h3-13,15,23,25-26,32,34H,14H2,1-2H3,(H,33,39)/t23-,25+,26-,31-/m0/s1. The number of aromatic amines is 1. The molecule has 0 radical (unpaired) electrons. The van der Waals surface area contributed by atoms with Gasteiger partial charge in [0.2, 0.25) is 17.7 Å². The molecule has 3 aromatic carbocycles. The average molecular weight is 535 g/mol. The van der Waals surface area contributed by atoms with Gasteiger partial charge in [-0.1, -0.05) is 48.0 Å². The van der Waals surface area contributed by atoms with E-state index in [-0.39, 0.29) is 17.2 Å². The SMILES string of the molecule is COC(=O)c1ccccc1N1C(=O)[C@@H]2[C@H](Cc3c[nH]c4ccccc34)N[C@]3(C(=O)Nc4ccc(C)cc43)[C@@H]2C1=O. The zero-order valence-electron chi connectivity index (χ0n) is 21.9. The first-order valence-electron chi connectivity index (χ1n) is 13.2. The molecule has 4 aromatic rings. The number of para-hydroxylation sites is 2. The van der Waals surface area contributed by atoms with Crippen LogP contribution in [0.4, 0.5) is 11.4 Å². The van der Waals surface area contributed by atoms with Crippen molar-refractivity contribution in [3.63, 3.8) is 0 Å². The Balaban J connectivity index is 1.40. The number of carbonyl (C=O) groups excluding carboxylic acids is 4. The van der Waals surface area contributed by atoms with Gasteiger partial charge in [-0.15, -0.1) is 0 Å². The number of imide groups is 1. The Labute approximate surface area is 229 Å². The Morgan fingerprint density at radius 1 is 1.00 bits per heavy atom. The second-order valence-corrected chi connectivity index (χ2v) is 10.6. The van der Waals surface area contributed by atoms with Crippen molar-refractivity contribution in [3.05, 3.63) is 95.2 Å². The maximum atomic E-state index is 14.3. The third-order valence-corrected chi connectivity index (χ3v) is 8.54. The molecule has 4 atom stereocenters. The highest BCUT2D eigenvalue weighted by Crippen LogP contribution is 2.54. The first-order valence-corrected chi connectivity index (χ1v) is 13.2. The predicted octanol–water partition coefficient (Wildman–Crippen LogP) is 3.43. The molecule has 0 saturated carbocycles. The van der Waals surface area contributed by atoms with Gasteiger partial charge in [0.05, 0.1) is 30.2 Å². The van der Waals surface area contributed by atoms with Gasteiger partial charge < -0.3 is 15.0 Å². The number of benzene rings is 3. The number of aromatic nitrogens is 1. The van der Waals surface area contributed by atoms with E-state index in [1.165, 1.54) is 13.2 Å². The Kier molecular flexibility index (Phi) is 5.24. The summed E-state index contributed by atoms with van der Waals surface area (Å²) in [5, 5.41) is 7.46. The maximum Gasteiger partial charge on any atom is 0.339 e. The lowest BCUT2D eigenvalue weighted by Crippen LogP contribution is -2.53. The van der Waals surface area contributed by atoms with E-state index in [2.05, 4.69) is 15.6 Å². The molecule has 0 unspecified atom stereocenters. The van der Waals surface area contributed by atoms with Crippen molar-refractivity contribution in [2.24, 2.45) is 11.8 Å². The molecular weight excluding hydrogens is 508 g/mol. The molecular formula is C31H26N4O5. The first kappa shape index (κ1) is 24.3. The summed E-state index contributed by atoms with van der Waals surface area (Å²) in [4.78, 5) is 59.4. The number of aryl methyl sites for hydroxylation is 1. The van der Waals surface area contributed by atoms with Crippen LogP contribution in [0.25, 0.3) is 10.9 Å². The number of fused-ring (bicyclic) bond motifs is 5. The molecule has 0 bridgehead atoms. The lowest BCUT2D eigenvalue weighted by molar-refractivity contribution is -0.130. The normalized spacial score (nSPS) is 25.0. The Morgan fingerprint density at radius 3 is 2.60 bits per heavy atom. The fourth-order valence-electron chi connectivity index (χ4n) is 6.82. The zero-order chi connectivity index (χ0) is 27.8. The van der Waals surface area contributed by atoms with Crippen LogP contribution in [0.5, 0.6) is 0 Å². The van der Waals surface area contributed by atoms with E-state index in [0.717, 1.165) is 26.9 Å². The van der Waals surface area contributed by atoms with Crippen molar-refractivity contribution in [1.29, 1.82) is 0 Å². The molecule has 4 heterocycles. The number of carbonyl (C=O) groups is 4. The molecule has 3 aliphatic rings. The van der Waals surface area contributed by atoms with Gasteiger partial charge in [-0.2, -0.15) is 0 Å². The van der Waals surface area contributed by atoms with Crippen molar-refractivity contribution >= 4 is 46.0 Å². The lowest BCUT2D eigenvalue weighted by atomic mass is 9.76. The Hall–Kier alpha value is -4.76. The number of amides is 3. The number of ether oxygens (including phenoxy) is 1. The number of H-pyrrole nitrogens is 1. The van der Waals surface area contributed by atoms with Crippen LogP contribution in [-0.2, 0) is 31.1 Å². The Bertz CT molecular complexity index is 1760. The highest BCUT2D eigenvalue weighted by Gasteiger charge is 2.70. The minimum atomic E-state index is -1.44. The molecule has 40 heavy (non-hydrogen) atoms. The number of nitrogens with zero attached hydrogens (tertiary/aromatic N) is 1. The molecule has 1 spiro atoms. The van der Waals surface area contributed by atoms with Gasteiger partial charge in [-0.3, -0.25) is 19.7 Å². The fourth-order valence-corrected chi connectivity index (χ4v) is 6.82. The van der Waals surface area contributed by atoms with Crippen molar-refractivity contribution in [2.45, 2.75) is 24.9 Å². The molecule has 9 heteroatoms. The van der Waals surface area contributed by atoms with Crippen LogP contribution in [0.2, 0.25) is 0 Å². The van der Waals surface area contributed by atoms with Crippen LogP contribution >= 0.6 is 0 Å². The highest BCUT2D eigenvalue weighted by molar-refractivity contribution is 6.27. The first-order chi connectivity index (χ1) is 19.3.